The molecule has 0 saturated carbocycles. The van der Waals surface area contributed by atoms with Gasteiger partial charge in [-0.15, -0.1) is 0 Å². The fourth-order valence-electron chi connectivity index (χ4n) is 2.92. The van der Waals surface area contributed by atoms with E-state index in [9.17, 15) is 4.79 Å². The Hall–Kier alpha value is -3.39. The number of hydrogen-bond donors (Lipinski definition) is 2. The highest BCUT2D eigenvalue weighted by molar-refractivity contribution is 5.76. The number of nitrogens with one attached hydrogen (secondary N) is 2. The van der Waals surface area contributed by atoms with Crippen LogP contribution in [0, 0.1) is 0 Å². The molecule has 3 aromatic heterocycles. The number of para-hydroxylation sites is 1. The second-order valence-electron chi connectivity index (χ2n) is 6.04. The summed E-state index contributed by atoms with van der Waals surface area (Å²) in [7, 11) is 1.64. The number of H-pyrrole nitrogens is 1. The molecule has 0 spiro atoms. The van der Waals surface area contributed by atoms with Gasteiger partial charge in [-0.2, -0.15) is 10.1 Å². The number of nitrogens with zero attached hydrogens (tertiary/aromatic N) is 3. The number of anilines is 1. The Balaban J connectivity index is 1.72. The number of rotatable bonds is 7. The molecule has 2 N–H and O–H groups in total. The van der Waals surface area contributed by atoms with Crippen molar-refractivity contribution >= 4 is 17.0 Å². The Bertz CT molecular complexity index is 1070. The van der Waals surface area contributed by atoms with Gasteiger partial charge in [-0.25, -0.2) is 4.68 Å². The van der Waals surface area contributed by atoms with Gasteiger partial charge in [0.25, 0.3) is 5.56 Å². The second kappa shape index (κ2) is 7.46. The van der Waals surface area contributed by atoms with Crippen molar-refractivity contribution in [2.75, 3.05) is 19.0 Å². The molecule has 0 bridgehead atoms. The second-order valence-corrected chi connectivity index (χ2v) is 6.04. The van der Waals surface area contributed by atoms with Gasteiger partial charge in [-0.3, -0.25) is 9.78 Å². The smallest absolute Gasteiger partial charge is 0.263 e. The van der Waals surface area contributed by atoms with Crippen LogP contribution in [0.1, 0.15) is 18.2 Å². The maximum Gasteiger partial charge on any atom is 0.263 e. The summed E-state index contributed by atoms with van der Waals surface area (Å²) in [5.74, 6) is 1.09. The summed E-state index contributed by atoms with van der Waals surface area (Å²) < 4.78 is 12.3. The number of furan rings is 1. The lowest BCUT2D eigenvalue weighted by Crippen LogP contribution is -2.18. The number of fused-ring (bicyclic) bond motifs is 1. The van der Waals surface area contributed by atoms with Crippen LogP contribution < -0.4 is 10.9 Å². The van der Waals surface area contributed by atoms with Gasteiger partial charge in [-0.05, 0) is 30.7 Å². The lowest BCUT2D eigenvalue weighted by Gasteiger charge is -2.16. The molecule has 0 radical (unpaired) electrons. The van der Waals surface area contributed by atoms with Gasteiger partial charge < -0.3 is 14.5 Å². The molecule has 8 heteroatoms. The van der Waals surface area contributed by atoms with Crippen molar-refractivity contribution in [2.45, 2.75) is 12.5 Å². The molecule has 0 amide bonds. The van der Waals surface area contributed by atoms with Gasteiger partial charge in [0.05, 0.1) is 24.2 Å². The van der Waals surface area contributed by atoms with Crippen molar-refractivity contribution < 1.29 is 9.15 Å². The molecule has 1 aromatic carbocycles. The molecule has 0 aliphatic carbocycles. The molecular weight excluding hydrogens is 346 g/mol. The van der Waals surface area contributed by atoms with Gasteiger partial charge in [0.15, 0.2) is 5.65 Å². The maximum atomic E-state index is 12.5. The van der Waals surface area contributed by atoms with Crippen LogP contribution in [0.25, 0.3) is 16.7 Å². The van der Waals surface area contributed by atoms with Crippen LogP contribution in [0.5, 0.6) is 0 Å². The summed E-state index contributed by atoms with van der Waals surface area (Å²) in [5.41, 5.74) is 1.06. The predicted molar refractivity (Wildman–Crippen MR) is 101 cm³/mol. The fourth-order valence-corrected chi connectivity index (χ4v) is 2.92. The third-order valence-corrected chi connectivity index (χ3v) is 4.25. The van der Waals surface area contributed by atoms with Crippen molar-refractivity contribution in [1.82, 2.24) is 19.7 Å². The average molecular weight is 365 g/mol. The van der Waals surface area contributed by atoms with Gasteiger partial charge in [0.1, 0.15) is 11.1 Å². The van der Waals surface area contributed by atoms with E-state index in [1.54, 1.807) is 18.1 Å². The maximum absolute atomic E-state index is 12.5. The summed E-state index contributed by atoms with van der Waals surface area (Å²) in [6.45, 7) is 0.535. The number of methoxy groups -OCH3 is 1. The average Bonchev–Trinajstić information content (AvgIpc) is 3.36. The summed E-state index contributed by atoms with van der Waals surface area (Å²) in [6, 6.07) is 13.1. The number of aromatic amines is 1. The first-order valence-electron chi connectivity index (χ1n) is 8.58. The van der Waals surface area contributed by atoms with E-state index in [4.69, 9.17) is 9.15 Å². The van der Waals surface area contributed by atoms with Crippen LogP contribution in [-0.2, 0) is 4.74 Å². The third kappa shape index (κ3) is 3.47. The Morgan fingerprint density at radius 3 is 2.85 bits per heavy atom. The van der Waals surface area contributed by atoms with Gasteiger partial charge in [0, 0.05) is 13.7 Å². The van der Waals surface area contributed by atoms with Gasteiger partial charge in [0.2, 0.25) is 5.95 Å². The number of ether oxygens (including phenoxy) is 1. The van der Waals surface area contributed by atoms with Crippen LogP contribution in [0.3, 0.4) is 0 Å². The fraction of sp³-hybridized carbons (Fsp3) is 0.211. The van der Waals surface area contributed by atoms with E-state index in [0.717, 1.165) is 11.4 Å². The minimum atomic E-state index is -0.255. The third-order valence-electron chi connectivity index (χ3n) is 4.25. The summed E-state index contributed by atoms with van der Waals surface area (Å²) in [5, 5.41) is 7.98. The molecular formula is C19H19N5O3. The van der Waals surface area contributed by atoms with Crippen molar-refractivity contribution in [3.05, 3.63) is 71.0 Å². The Labute approximate surface area is 154 Å². The van der Waals surface area contributed by atoms with Crippen molar-refractivity contribution in [1.29, 1.82) is 0 Å². The number of hydrogen-bond acceptors (Lipinski definition) is 6. The SMILES string of the molecule is COCC[C@H](Nc1nc2c(cnn2-c2ccccc2)c(=O)[nH]1)c1ccco1. The van der Waals surface area contributed by atoms with E-state index in [1.807, 2.05) is 42.5 Å². The quantitative estimate of drug-likeness (QED) is 0.523. The lowest BCUT2D eigenvalue weighted by atomic mass is 10.1. The van der Waals surface area contributed by atoms with Crippen LogP contribution in [0.4, 0.5) is 5.95 Å². The molecule has 0 fully saturated rings. The van der Waals surface area contributed by atoms with E-state index in [0.29, 0.717) is 30.0 Å². The van der Waals surface area contributed by atoms with Crippen molar-refractivity contribution in [3.63, 3.8) is 0 Å². The summed E-state index contributed by atoms with van der Waals surface area (Å²) >= 11 is 0. The highest BCUT2D eigenvalue weighted by Crippen LogP contribution is 2.22. The van der Waals surface area contributed by atoms with Gasteiger partial charge >= 0.3 is 0 Å². The first kappa shape index (κ1) is 17.0. The monoisotopic (exact) mass is 365 g/mol. The molecule has 0 aliphatic rings. The summed E-state index contributed by atoms with van der Waals surface area (Å²) in [4.78, 5) is 19.8. The molecule has 4 aromatic rings. The molecule has 0 saturated heterocycles. The highest BCUT2D eigenvalue weighted by atomic mass is 16.5. The topological polar surface area (TPSA) is 98.0 Å². The van der Waals surface area contributed by atoms with Crippen LogP contribution in [0.15, 0.2) is 64.1 Å². The lowest BCUT2D eigenvalue weighted by molar-refractivity contribution is 0.187. The number of benzene rings is 1. The van der Waals surface area contributed by atoms with Gasteiger partial charge in [-0.1, -0.05) is 18.2 Å². The highest BCUT2D eigenvalue weighted by Gasteiger charge is 2.17. The van der Waals surface area contributed by atoms with E-state index in [-0.39, 0.29) is 11.6 Å². The minimum Gasteiger partial charge on any atom is -0.467 e. The van der Waals surface area contributed by atoms with E-state index < -0.39 is 0 Å². The van der Waals surface area contributed by atoms with E-state index >= 15 is 0 Å². The first-order chi connectivity index (χ1) is 13.3. The van der Waals surface area contributed by atoms with E-state index in [2.05, 4.69) is 20.4 Å². The Kier molecular flexibility index (Phi) is 4.71. The Morgan fingerprint density at radius 2 is 2.11 bits per heavy atom. The largest absolute Gasteiger partial charge is 0.467 e. The molecule has 27 heavy (non-hydrogen) atoms. The van der Waals surface area contributed by atoms with Crippen LogP contribution in [-0.4, -0.2) is 33.5 Å². The standard InChI is InChI=1S/C19H19N5O3/c1-26-11-9-15(16-8-5-10-27-16)21-19-22-17-14(18(25)23-19)12-20-24(17)13-6-3-2-4-7-13/h2-8,10,12,15H,9,11H2,1H3,(H2,21,22,23,25)/t15-/m0/s1. The molecule has 3 heterocycles. The zero-order chi connectivity index (χ0) is 18.6. The van der Waals surface area contributed by atoms with E-state index in [1.165, 1.54) is 6.20 Å². The summed E-state index contributed by atoms with van der Waals surface area (Å²) in [6.07, 6.45) is 3.79. The minimum absolute atomic E-state index is 0.186. The van der Waals surface area contributed by atoms with Crippen LogP contribution in [0.2, 0.25) is 0 Å². The molecule has 138 valence electrons. The van der Waals surface area contributed by atoms with Crippen molar-refractivity contribution in [2.24, 2.45) is 0 Å². The first-order valence-corrected chi connectivity index (χ1v) is 8.58. The zero-order valence-electron chi connectivity index (χ0n) is 14.8. The van der Waals surface area contributed by atoms with Crippen LogP contribution >= 0.6 is 0 Å². The normalized spacial score (nSPS) is 12.3. The molecule has 4 rings (SSSR count). The molecule has 1 atom stereocenters. The molecule has 8 nitrogen and oxygen atoms in total. The number of aromatic nitrogens is 4. The predicted octanol–water partition coefficient (Wildman–Crippen LogP) is 2.89. The Morgan fingerprint density at radius 1 is 1.26 bits per heavy atom. The molecule has 0 aliphatic heterocycles. The zero-order valence-corrected chi connectivity index (χ0v) is 14.8. The molecule has 0 unspecified atom stereocenters. The van der Waals surface area contributed by atoms with Crippen molar-refractivity contribution in [3.8, 4) is 5.69 Å².